The molecule has 0 bridgehead atoms. The van der Waals surface area contributed by atoms with Crippen LogP contribution in [-0.2, 0) is 12.8 Å². The molecule has 110 valence electrons. The number of aliphatic hydroxyl groups is 2. The summed E-state index contributed by atoms with van der Waals surface area (Å²) in [5, 5.41) is 18.6. The van der Waals surface area contributed by atoms with Crippen molar-refractivity contribution in [2.45, 2.75) is 38.7 Å². The summed E-state index contributed by atoms with van der Waals surface area (Å²) in [5.41, 5.74) is 7.98. The fraction of sp³-hybridized carbons (Fsp3) is 0.368. The monoisotopic (exact) mass is 282 g/mol. The number of hydrogen-bond acceptors (Lipinski definition) is 2. The Labute approximate surface area is 126 Å². The van der Waals surface area contributed by atoms with Gasteiger partial charge in [0.2, 0.25) is 0 Å². The van der Waals surface area contributed by atoms with Gasteiger partial charge in [0.25, 0.3) is 0 Å². The lowest BCUT2D eigenvalue weighted by molar-refractivity contribution is 0.0955. The Balaban J connectivity index is 1.95. The molecule has 2 heteroatoms. The molecule has 0 spiro atoms. The Morgan fingerprint density at radius 3 is 2.67 bits per heavy atom. The topological polar surface area (TPSA) is 40.5 Å². The molecule has 2 aromatic carbocycles. The molecule has 2 aromatic rings. The van der Waals surface area contributed by atoms with Gasteiger partial charge in [-0.3, -0.25) is 0 Å². The summed E-state index contributed by atoms with van der Waals surface area (Å²) in [6, 6.07) is 13.2. The van der Waals surface area contributed by atoms with Gasteiger partial charge in [-0.25, -0.2) is 0 Å². The maximum atomic E-state index is 9.61. The van der Waals surface area contributed by atoms with Gasteiger partial charge in [-0.15, -0.1) is 0 Å². The van der Waals surface area contributed by atoms with Gasteiger partial charge in [-0.05, 0) is 41.2 Å². The van der Waals surface area contributed by atoms with E-state index in [1.165, 1.54) is 27.8 Å². The Hall–Kier alpha value is -1.64. The molecule has 3 rings (SSSR count). The average molecular weight is 282 g/mol. The molecule has 1 aliphatic carbocycles. The molecule has 2 N–H and O–H groups in total. The van der Waals surface area contributed by atoms with Gasteiger partial charge < -0.3 is 10.2 Å². The Kier molecular flexibility index (Phi) is 3.83. The molecular weight excluding hydrogens is 260 g/mol. The number of benzene rings is 2. The van der Waals surface area contributed by atoms with E-state index in [0.717, 1.165) is 12.0 Å². The van der Waals surface area contributed by atoms with Gasteiger partial charge in [-0.2, -0.15) is 0 Å². The van der Waals surface area contributed by atoms with E-state index in [9.17, 15) is 5.11 Å². The smallest absolute Gasteiger partial charge is 0.0811 e. The first-order chi connectivity index (χ1) is 10.1. The third-order valence-corrected chi connectivity index (χ3v) is 4.50. The summed E-state index contributed by atoms with van der Waals surface area (Å²) in [6.07, 6.45) is 0.802. The van der Waals surface area contributed by atoms with Crippen molar-refractivity contribution in [3.8, 4) is 0 Å². The van der Waals surface area contributed by atoms with Crippen LogP contribution in [0.2, 0.25) is 0 Å². The third kappa shape index (κ3) is 2.74. The maximum Gasteiger partial charge on any atom is 0.0811 e. The van der Waals surface area contributed by atoms with Crippen molar-refractivity contribution in [2.24, 2.45) is 0 Å². The maximum absolute atomic E-state index is 9.61. The first kappa shape index (κ1) is 14.3. The van der Waals surface area contributed by atoms with E-state index in [1.807, 2.05) is 0 Å². The van der Waals surface area contributed by atoms with Crippen LogP contribution in [0.3, 0.4) is 0 Å². The SMILES string of the molecule is Cc1ccc2c(c1)C(C)c1ccc(C[C@H](O)CO)cc1C2. The van der Waals surface area contributed by atoms with Gasteiger partial charge in [-0.1, -0.05) is 48.9 Å². The number of aryl methyl sites for hydroxylation is 1. The second-order valence-electron chi connectivity index (χ2n) is 6.17. The van der Waals surface area contributed by atoms with Crippen LogP contribution in [0.1, 0.15) is 46.2 Å². The highest BCUT2D eigenvalue weighted by atomic mass is 16.3. The number of fused-ring (bicyclic) bond motifs is 2. The fourth-order valence-electron chi connectivity index (χ4n) is 3.35. The van der Waals surface area contributed by atoms with Crippen LogP contribution < -0.4 is 0 Å². The standard InChI is InChI=1S/C19H22O2/c1-12-3-5-15-10-16-8-14(9-17(21)11-20)4-6-18(16)13(2)19(15)7-12/h3-8,13,17,20-21H,9-11H2,1-2H3/t13?,17-/m0/s1. The van der Waals surface area contributed by atoms with E-state index in [2.05, 4.69) is 50.2 Å². The van der Waals surface area contributed by atoms with Crippen LogP contribution in [0.25, 0.3) is 0 Å². The number of aliphatic hydroxyl groups excluding tert-OH is 2. The van der Waals surface area contributed by atoms with Gasteiger partial charge in [0.05, 0.1) is 12.7 Å². The minimum atomic E-state index is -0.668. The van der Waals surface area contributed by atoms with E-state index < -0.39 is 6.10 Å². The van der Waals surface area contributed by atoms with Crippen LogP contribution in [-0.4, -0.2) is 22.9 Å². The van der Waals surface area contributed by atoms with Gasteiger partial charge in [0.15, 0.2) is 0 Å². The molecule has 0 radical (unpaired) electrons. The molecule has 2 atom stereocenters. The van der Waals surface area contributed by atoms with Gasteiger partial charge in [0.1, 0.15) is 0 Å². The lowest BCUT2D eigenvalue weighted by atomic mass is 9.78. The van der Waals surface area contributed by atoms with Crippen molar-refractivity contribution in [3.05, 3.63) is 69.8 Å². The quantitative estimate of drug-likeness (QED) is 0.908. The second-order valence-corrected chi connectivity index (χ2v) is 6.17. The molecule has 21 heavy (non-hydrogen) atoms. The highest BCUT2D eigenvalue weighted by Gasteiger charge is 2.22. The van der Waals surface area contributed by atoms with E-state index in [-0.39, 0.29) is 6.61 Å². The predicted molar refractivity (Wildman–Crippen MR) is 84.7 cm³/mol. The van der Waals surface area contributed by atoms with Gasteiger partial charge in [0, 0.05) is 12.3 Å². The molecule has 0 heterocycles. The fourth-order valence-corrected chi connectivity index (χ4v) is 3.35. The van der Waals surface area contributed by atoms with Crippen LogP contribution in [0.4, 0.5) is 0 Å². The molecule has 0 aliphatic heterocycles. The summed E-state index contributed by atoms with van der Waals surface area (Å²) in [7, 11) is 0. The first-order valence-electron chi connectivity index (χ1n) is 7.58. The van der Waals surface area contributed by atoms with Crippen LogP contribution in [0, 0.1) is 6.92 Å². The zero-order valence-electron chi connectivity index (χ0n) is 12.6. The minimum absolute atomic E-state index is 0.185. The molecule has 0 saturated carbocycles. The van der Waals surface area contributed by atoms with E-state index >= 15 is 0 Å². The van der Waals surface area contributed by atoms with Crippen molar-refractivity contribution in [3.63, 3.8) is 0 Å². The normalized spacial score (nSPS) is 18.0. The predicted octanol–water partition coefficient (Wildman–Crippen LogP) is 2.95. The number of hydrogen-bond donors (Lipinski definition) is 2. The first-order valence-corrected chi connectivity index (χ1v) is 7.58. The summed E-state index contributed by atoms with van der Waals surface area (Å²) in [6.45, 7) is 4.22. The van der Waals surface area contributed by atoms with Gasteiger partial charge >= 0.3 is 0 Å². The zero-order valence-corrected chi connectivity index (χ0v) is 12.6. The Bertz CT molecular complexity index is 661. The van der Waals surface area contributed by atoms with E-state index in [1.54, 1.807) is 0 Å². The van der Waals surface area contributed by atoms with E-state index in [4.69, 9.17) is 5.11 Å². The van der Waals surface area contributed by atoms with Crippen molar-refractivity contribution in [1.29, 1.82) is 0 Å². The van der Waals surface area contributed by atoms with Crippen LogP contribution >= 0.6 is 0 Å². The Morgan fingerprint density at radius 1 is 1.10 bits per heavy atom. The summed E-state index contributed by atoms with van der Waals surface area (Å²) >= 11 is 0. The molecule has 0 aromatic heterocycles. The minimum Gasteiger partial charge on any atom is -0.394 e. The highest BCUT2D eigenvalue weighted by molar-refractivity contribution is 5.50. The molecule has 0 fully saturated rings. The average Bonchev–Trinajstić information content (AvgIpc) is 2.48. The highest BCUT2D eigenvalue weighted by Crippen LogP contribution is 2.37. The van der Waals surface area contributed by atoms with Crippen molar-refractivity contribution >= 4 is 0 Å². The molecule has 1 unspecified atom stereocenters. The Morgan fingerprint density at radius 2 is 1.90 bits per heavy atom. The summed E-state index contributed by atoms with van der Waals surface area (Å²) in [4.78, 5) is 0. The molecule has 0 saturated heterocycles. The number of rotatable bonds is 3. The molecular formula is C19H22O2. The molecule has 1 aliphatic rings. The van der Waals surface area contributed by atoms with Crippen molar-refractivity contribution in [1.82, 2.24) is 0 Å². The summed E-state index contributed by atoms with van der Waals surface area (Å²) in [5.74, 6) is 0.417. The second kappa shape index (κ2) is 5.63. The summed E-state index contributed by atoms with van der Waals surface area (Å²) < 4.78 is 0. The van der Waals surface area contributed by atoms with Crippen LogP contribution in [0.15, 0.2) is 36.4 Å². The lowest BCUT2D eigenvalue weighted by Gasteiger charge is -2.27. The zero-order chi connectivity index (χ0) is 15.0. The van der Waals surface area contributed by atoms with E-state index in [0.29, 0.717) is 12.3 Å². The van der Waals surface area contributed by atoms with Crippen molar-refractivity contribution in [2.75, 3.05) is 6.61 Å². The molecule has 2 nitrogen and oxygen atoms in total. The lowest BCUT2D eigenvalue weighted by Crippen LogP contribution is -2.16. The van der Waals surface area contributed by atoms with Crippen molar-refractivity contribution < 1.29 is 10.2 Å². The molecule has 0 amide bonds. The third-order valence-electron chi connectivity index (χ3n) is 4.50. The van der Waals surface area contributed by atoms with Crippen LogP contribution in [0.5, 0.6) is 0 Å². The largest absolute Gasteiger partial charge is 0.394 e.